The van der Waals surface area contributed by atoms with E-state index in [1.807, 2.05) is 31.2 Å². The van der Waals surface area contributed by atoms with Crippen LogP contribution in [0.1, 0.15) is 19.8 Å². The molecule has 2 aliphatic rings. The molecule has 2 amide bonds. The normalized spacial score (nSPS) is 25.9. The molecule has 1 fully saturated rings. The van der Waals surface area contributed by atoms with Gasteiger partial charge < -0.3 is 15.0 Å². The SMILES string of the molecule is C[C@@H]1CN(C(=O)[C@H]2CCCO2)c2ccccc2NC1=O. The zero-order valence-corrected chi connectivity index (χ0v) is 11.5. The molecule has 2 heterocycles. The van der Waals surface area contributed by atoms with Crippen LogP contribution in [0.3, 0.4) is 0 Å². The minimum Gasteiger partial charge on any atom is -0.368 e. The molecule has 1 aromatic rings. The molecule has 2 atom stereocenters. The number of nitrogens with one attached hydrogen (secondary N) is 1. The van der Waals surface area contributed by atoms with Gasteiger partial charge in [-0.2, -0.15) is 0 Å². The van der Waals surface area contributed by atoms with Crippen LogP contribution < -0.4 is 10.2 Å². The van der Waals surface area contributed by atoms with Crippen LogP contribution in [-0.2, 0) is 14.3 Å². The molecule has 5 nitrogen and oxygen atoms in total. The number of nitrogens with zero attached hydrogens (tertiary/aromatic N) is 1. The van der Waals surface area contributed by atoms with Gasteiger partial charge in [0.05, 0.1) is 17.3 Å². The van der Waals surface area contributed by atoms with Crippen LogP contribution in [0.15, 0.2) is 24.3 Å². The van der Waals surface area contributed by atoms with E-state index in [0.717, 1.165) is 18.5 Å². The Bertz CT molecular complexity index is 538. The van der Waals surface area contributed by atoms with Crippen molar-refractivity contribution in [1.82, 2.24) is 0 Å². The van der Waals surface area contributed by atoms with Crippen molar-refractivity contribution in [2.45, 2.75) is 25.9 Å². The van der Waals surface area contributed by atoms with E-state index in [1.54, 1.807) is 4.90 Å². The fraction of sp³-hybridized carbons (Fsp3) is 0.467. The molecule has 1 aromatic carbocycles. The Morgan fingerprint density at radius 3 is 2.95 bits per heavy atom. The number of carbonyl (C=O) groups excluding carboxylic acids is 2. The van der Waals surface area contributed by atoms with Crippen molar-refractivity contribution < 1.29 is 14.3 Å². The fourth-order valence-electron chi connectivity index (χ4n) is 2.68. The second kappa shape index (κ2) is 5.25. The van der Waals surface area contributed by atoms with Crippen LogP contribution in [0, 0.1) is 5.92 Å². The van der Waals surface area contributed by atoms with Crippen molar-refractivity contribution >= 4 is 23.2 Å². The van der Waals surface area contributed by atoms with Crippen molar-refractivity contribution in [3.8, 4) is 0 Å². The maximum absolute atomic E-state index is 12.6. The highest BCUT2D eigenvalue weighted by Crippen LogP contribution is 2.31. The second-order valence-corrected chi connectivity index (χ2v) is 5.36. The largest absolute Gasteiger partial charge is 0.368 e. The third-order valence-corrected chi connectivity index (χ3v) is 3.83. The van der Waals surface area contributed by atoms with Crippen molar-refractivity contribution in [1.29, 1.82) is 0 Å². The highest BCUT2D eigenvalue weighted by atomic mass is 16.5. The number of hydrogen-bond acceptors (Lipinski definition) is 3. The van der Waals surface area contributed by atoms with Crippen LogP contribution in [0.4, 0.5) is 11.4 Å². The van der Waals surface area contributed by atoms with Gasteiger partial charge in [-0.15, -0.1) is 0 Å². The van der Waals surface area contributed by atoms with Gasteiger partial charge in [0, 0.05) is 13.2 Å². The maximum Gasteiger partial charge on any atom is 0.256 e. The lowest BCUT2D eigenvalue weighted by molar-refractivity contribution is -0.127. The third-order valence-electron chi connectivity index (χ3n) is 3.83. The molecule has 1 saturated heterocycles. The third kappa shape index (κ3) is 2.29. The van der Waals surface area contributed by atoms with Crippen LogP contribution in [0.5, 0.6) is 0 Å². The highest BCUT2D eigenvalue weighted by molar-refractivity contribution is 6.05. The molecule has 0 aromatic heterocycles. The van der Waals surface area contributed by atoms with Crippen LogP contribution in [0.25, 0.3) is 0 Å². The van der Waals surface area contributed by atoms with Crippen molar-refractivity contribution in [3.63, 3.8) is 0 Å². The average Bonchev–Trinajstić information content (AvgIpc) is 2.94. The number of hydrogen-bond donors (Lipinski definition) is 1. The summed E-state index contributed by atoms with van der Waals surface area (Å²) in [5.41, 5.74) is 1.44. The zero-order valence-electron chi connectivity index (χ0n) is 11.5. The molecule has 0 saturated carbocycles. The van der Waals surface area contributed by atoms with Crippen LogP contribution >= 0.6 is 0 Å². The number of rotatable bonds is 1. The van der Waals surface area contributed by atoms with Gasteiger partial charge in [-0.3, -0.25) is 9.59 Å². The Labute approximate surface area is 117 Å². The van der Waals surface area contributed by atoms with E-state index in [1.165, 1.54) is 0 Å². The second-order valence-electron chi connectivity index (χ2n) is 5.36. The summed E-state index contributed by atoms with van der Waals surface area (Å²) < 4.78 is 5.49. The summed E-state index contributed by atoms with van der Waals surface area (Å²) in [6.45, 7) is 2.86. The minimum atomic E-state index is -0.372. The van der Waals surface area contributed by atoms with Gasteiger partial charge in [-0.1, -0.05) is 19.1 Å². The molecule has 3 rings (SSSR count). The molecule has 0 radical (unpaired) electrons. The number of ether oxygens (including phenoxy) is 1. The Balaban J connectivity index is 1.95. The van der Waals surface area contributed by atoms with Crippen molar-refractivity contribution in [3.05, 3.63) is 24.3 Å². The first-order valence-corrected chi connectivity index (χ1v) is 6.99. The highest BCUT2D eigenvalue weighted by Gasteiger charge is 2.34. The first kappa shape index (κ1) is 13.1. The number of benzene rings is 1. The first-order chi connectivity index (χ1) is 9.66. The molecule has 5 heteroatoms. The number of anilines is 2. The Kier molecular flexibility index (Phi) is 3.44. The van der Waals surface area contributed by atoms with Gasteiger partial charge in [0.1, 0.15) is 6.10 Å². The van der Waals surface area contributed by atoms with Crippen molar-refractivity contribution in [2.75, 3.05) is 23.4 Å². The van der Waals surface area contributed by atoms with Crippen molar-refractivity contribution in [2.24, 2.45) is 5.92 Å². The van der Waals surface area contributed by atoms with Gasteiger partial charge in [-0.05, 0) is 25.0 Å². The van der Waals surface area contributed by atoms with Crippen LogP contribution in [0.2, 0.25) is 0 Å². The van der Waals surface area contributed by atoms with E-state index in [4.69, 9.17) is 4.74 Å². The first-order valence-electron chi connectivity index (χ1n) is 6.99. The number of amides is 2. The van der Waals surface area contributed by atoms with E-state index in [2.05, 4.69) is 5.32 Å². The van der Waals surface area contributed by atoms with E-state index in [0.29, 0.717) is 18.8 Å². The summed E-state index contributed by atoms with van der Waals surface area (Å²) in [7, 11) is 0. The van der Waals surface area contributed by atoms with Gasteiger partial charge in [0.25, 0.3) is 5.91 Å². The van der Waals surface area contributed by atoms with Crippen LogP contribution in [-0.4, -0.2) is 31.1 Å². The van der Waals surface area contributed by atoms with E-state index in [9.17, 15) is 9.59 Å². The molecule has 106 valence electrons. The molecule has 0 spiro atoms. The quantitative estimate of drug-likeness (QED) is 0.849. The molecule has 0 unspecified atom stereocenters. The summed E-state index contributed by atoms with van der Waals surface area (Å²) >= 11 is 0. The molecule has 2 aliphatic heterocycles. The number of fused-ring (bicyclic) bond motifs is 1. The van der Waals surface area contributed by atoms with E-state index in [-0.39, 0.29) is 23.8 Å². The summed E-state index contributed by atoms with van der Waals surface area (Å²) in [5, 5.41) is 2.87. The Morgan fingerprint density at radius 2 is 2.20 bits per heavy atom. The minimum absolute atomic E-state index is 0.0432. The smallest absolute Gasteiger partial charge is 0.256 e. The summed E-state index contributed by atoms with van der Waals surface area (Å²) in [6, 6.07) is 7.40. The molecule has 20 heavy (non-hydrogen) atoms. The lowest BCUT2D eigenvalue weighted by atomic mass is 10.1. The summed E-state index contributed by atoms with van der Waals surface area (Å²) in [5.74, 6) is -0.342. The monoisotopic (exact) mass is 274 g/mol. The average molecular weight is 274 g/mol. The Hall–Kier alpha value is -1.88. The number of para-hydroxylation sites is 2. The fourth-order valence-corrected chi connectivity index (χ4v) is 2.68. The summed E-state index contributed by atoms with van der Waals surface area (Å²) in [6.07, 6.45) is 1.30. The van der Waals surface area contributed by atoms with Gasteiger partial charge >= 0.3 is 0 Å². The molecule has 0 aliphatic carbocycles. The van der Waals surface area contributed by atoms with E-state index >= 15 is 0 Å². The van der Waals surface area contributed by atoms with Gasteiger partial charge in [0.2, 0.25) is 5.91 Å². The summed E-state index contributed by atoms with van der Waals surface area (Å²) in [4.78, 5) is 26.3. The standard InChI is InChI=1S/C15H18N2O3/c1-10-9-17(15(19)13-7-4-8-20-13)12-6-3-2-5-11(12)16-14(10)18/h2-3,5-6,10,13H,4,7-9H2,1H3,(H,16,18)/t10-,13-/m1/s1. The van der Waals surface area contributed by atoms with Gasteiger partial charge in [-0.25, -0.2) is 0 Å². The Morgan fingerprint density at radius 1 is 1.40 bits per heavy atom. The topological polar surface area (TPSA) is 58.6 Å². The predicted octanol–water partition coefficient (Wildman–Crippen LogP) is 1.79. The lowest BCUT2D eigenvalue weighted by Gasteiger charge is -2.26. The predicted molar refractivity (Wildman–Crippen MR) is 75.6 cm³/mol. The molecule has 0 bridgehead atoms. The maximum atomic E-state index is 12.6. The number of carbonyl (C=O) groups is 2. The molecular weight excluding hydrogens is 256 g/mol. The van der Waals surface area contributed by atoms with Gasteiger partial charge in [0.15, 0.2) is 0 Å². The van der Waals surface area contributed by atoms with E-state index < -0.39 is 0 Å². The molecule has 1 N–H and O–H groups in total. The lowest BCUT2D eigenvalue weighted by Crippen LogP contribution is -2.41. The molecular formula is C15H18N2O3. The zero-order chi connectivity index (χ0) is 14.1.